The summed E-state index contributed by atoms with van der Waals surface area (Å²) < 4.78 is 39.8. The Bertz CT molecular complexity index is 1000. The number of hydrogen-bond acceptors (Lipinski definition) is 4. The Labute approximate surface area is 177 Å². The number of aliphatic hydroxyl groups is 1. The molecule has 1 aromatic heterocycles. The monoisotopic (exact) mass is 433 g/mol. The number of aliphatic hydroxyl groups excluding tert-OH is 1. The quantitative estimate of drug-likeness (QED) is 0.760. The Kier molecular flexibility index (Phi) is 5.70. The Morgan fingerprint density at radius 1 is 1.19 bits per heavy atom. The second-order valence-electron chi connectivity index (χ2n) is 7.94. The van der Waals surface area contributed by atoms with Crippen molar-refractivity contribution in [3.63, 3.8) is 0 Å². The summed E-state index contributed by atoms with van der Waals surface area (Å²) in [6, 6.07) is 7.94. The lowest BCUT2D eigenvalue weighted by molar-refractivity contribution is -0.138. The summed E-state index contributed by atoms with van der Waals surface area (Å²) in [4.78, 5) is 30.8. The number of amides is 2. The molecule has 1 atom stereocenters. The summed E-state index contributed by atoms with van der Waals surface area (Å²) in [5, 5.41) is 12.6. The van der Waals surface area contributed by atoms with Crippen molar-refractivity contribution in [1.29, 1.82) is 0 Å². The van der Waals surface area contributed by atoms with Gasteiger partial charge in [-0.15, -0.1) is 0 Å². The standard InChI is InChI=1S/C22H22F3N3O3/c23-22(24,25)16-4-2-1-3-15(16)21(31)28-10-9-17-14(12-28)7-8-18(27-17)20(30)26-11-19(29)13-5-6-13/h1-4,7-8,13,19,29H,5-6,9-12H2,(H,26,30). The highest BCUT2D eigenvalue weighted by molar-refractivity contribution is 5.96. The topological polar surface area (TPSA) is 82.5 Å². The van der Waals surface area contributed by atoms with Gasteiger partial charge >= 0.3 is 6.18 Å². The number of nitrogens with one attached hydrogen (secondary N) is 1. The zero-order valence-corrected chi connectivity index (χ0v) is 16.7. The molecule has 2 N–H and O–H groups in total. The fourth-order valence-electron chi connectivity index (χ4n) is 3.74. The van der Waals surface area contributed by atoms with E-state index in [0.29, 0.717) is 17.7 Å². The van der Waals surface area contributed by atoms with Crippen molar-refractivity contribution in [2.24, 2.45) is 5.92 Å². The van der Waals surface area contributed by atoms with Gasteiger partial charge in [0.2, 0.25) is 0 Å². The van der Waals surface area contributed by atoms with Crippen LogP contribution in [0.5, 0.6) is 0 Å². The van der Waals surface area contributed by atoms with Gasteiger partial charge in [-0.25, -0.2) is 4.98 Å². The lowest BCUT2D eigenvalue weighted by atomic mass is 10.0. The van der Waals surface area contributed by atoms with Crippen molar-refractivity contribution in [2.45, 2.75) is 38.1 Å². The third-order valence-corrected chi connectivity index (χ3v) is 5.67. The minimum Gasteiger partial charge on any atom is -0.391 e. The zero-order valence-electron chi connectivity index (χ0n) is 16.7. The smallest absolute Gasteiger partial charge is 0.391 e. The number of pyridine rings is 1. The first-order valence-corrected chi connectivity index (χ1v) is 10.1. The third kappa shape index (κ3) is 4.71. The van der Waals surface area contributed by atoms with Crippen molar-refractivity contribution < 1.29 is 27.9 Å². The number of hydrogen-bond donors (Lipinski definition) is 2. The second-order valence-corrected chi connectivity index (χ2v) is 7.94. The van der Waals surface area contributed by atoms with E-state index in [1.165, 1.54) is 29.2 Å². The van der Waals surface area contributed by atoms with E-state index in [2.05, 4.69) is 10.3 Å². The molecule has 0 spiro atoms. The molecule has 0 radical (unpaired) electrons. The third-order valence-electron chi connectivity index (χ3n) is 5.67. The van der Waals surface area contributed by atoms with Crippen LogP contribution in [0.2, 0.25) is 0 Å². The second kappa shape index (κ2) is 8.30. The number of halogens is 3. The molecule has 31 heavy (non-hydrogen) atoms. The predicted molar refractivity (Wildman–Crippen MR) is 105 cm³/mol. The normalized spacial score (nSPS) is 17.1. The molecule has 0 bridgehead atoms. The minimum absolute atomic E-state index is 0.121. The summed E-state index contributed by atoms with van der Waals surface area (Å²) in [5.41, 5.74) is 0.215. The van der Waals surface area contributed by atoms with Crippen LogP contribution < -0.4 is 5.32 Å². The zero-order chi connectivity index (χ0) is 22.2. The molecular weight excluding hydrogens is 411 g/mol. The summed E-state index contributed by atoms with van der Waals surface area (Å²) in [6.07, 6.45) is -2.90. The number of benzene rings is 1. The highest BCUT2D eigenvalue weighted by atomic mass is 19.4. The van der Waals surface area contributed by atoms with Crippen LogP contribution in [-0.2, 0) is 19.1 Å². The first-order valence-electron chi connectivity index (χ1n) is 10.1. The molecule has 2 aromatic rings. The molecule has 9 heteroatoms. The number of carbonyl (C=O) groups excluding carboxylic acids is 2. The van der Waals surface area contributed by atoms with E-state index in [9.17, 15) is 27.9 Å². The molecule has 2 heterocycles. The number of carbonyl (C=O) groups is 2. The molecule has 2 amide bonds. The van der Waals surface area contributed by atoms with Crippen molar-refractivity contribution in [2.75, 3.05) is 13.1 Å². The summed E-state index contributed by atoms with van der Waals surface area (Å²) >= 11 is 0. The number of rotatable bonds is 5. The van der Waals surface area contributed by atoms with Gasteiger partial charge < -0.3 is 15.3 Å². The van der Waals surface area contributed by atoms with E-state index in [4.69, 9.17) is 0 Å². The number of aromatic nitrogens is 1. The molecule has 1 aliphatic heterocycles. The molecule has 4 rings (SSSR count). The van der Waals surface area contributed by atoms with Gasteiger partial charge in [0.1, 0.15) is 5.69 Å². The molecule has 2 aliphatic rings. The van der Waals surface area contributed by atoms with Gasteiger partial charge in [0, 0.05) is 31.7 Å². The molecule has 1 aromatic carbocycles. The SMILES string of the molecule is O=C(NCC(O)C1CC1)c1ccc2c(n1)CCN(C(=O)c1ccccc1C(F)(F)F)C2. The first kappa shape index (κ1) is 21.3. The van der Waals surface area contributed by atoms with E-state index in [0.717, 1.165) is 18.9 Å². The molecule has 1 unspecified atom stereocenters. The maximum atomic E-state index is 13.3. The van der Waals surface area contributed by atoms with Gasteiger partial charge in [-0.3, -0.25) is 9.59 Å². The van der Waals surface area contributed by atoms with Crippen LogP contribution in [0.4, 0.5) is 13.2 Å². The lowest BCUT2D eigenvalue weighted by Crippen LogP contribution is -2.38. The van der Waals surface area contributed by atoms with Gasteiger partial charge in [-0.2, -0.15) is 13.2 Å². The van der Waals surface area contributed by atoms with Gasteiger partial charge in [-0.05, 0) is 42.5 Å². The van der Waals surface area contributed by atoms with Gasteiger partial charge in [0.15, 0.2) is 0 Å². The van der Waals surface area contributed by atoms with Crippen LogP contribution >= 0.6 is 0 Å². The van der Waals surface area contributed by atoms with Crippen LogP contribution in [0.1, 0.15) is 50.5 Å². The first-order chi connectivity index (χ1) is 14.7. The fraction of sp³-hybridized carbons (Fsp3) is 0.409. The highest BCUT2D eigenvalue weighted by Gasteiger charge is 2.36. The summed E-state index contributed by atoms with van der Waals surface area (Å²) in [7, 11) is 0. The molecular formula is C22H22F3N3O3. The maximum absolute atomic E-state index is 13.3. The van der Waals surface area contributed by atoms with Crippen LogP contribution in [0.3, 0.4) is 0 Å². The van der Waals surface area contributed by atoms with E-state index in [1.54, 1.807) is 6.07 Å². The molecule has 1 aliphatic carbocycles. The van der Waals surface area contributed by atoms with Crippen molar-refractivity contribution in [1.82, 2.24) is 15.2 Å². The maximum Gasteiger partial charge on any atom is 0.417 e. The molecule has 164 valence electrons. The number of alkyl halides is 3. The summed E-state index contributed by atoms with van der Waals surface area (Å²) in [6.45, 7) is 0.495. The Hall–Kier alpha value is -2.94. The van der Waals surface area contributed by atoms with Crippen molar-refractivity contribution >= 4 is 11.8 Å². The van der Waals surface area contributed by atoms with Crippen molar-refractivity contribution in [3.8, 4) is 0 Å². The Morgan fingerprint density at radius 2 is 1.94 bits per heavy atom. The predicted octanol–water partition coefficient (Wildman–Crippen LogP) is 2.80. The van der Waals surface area contributed by atoms with Crippen LogP contribution in [0, 0.1) is 5.92 Å². The fourth-order valence-corrected chi connectivity index (χ4v) is 3.74. The average molecular weight is 433 g/mol. The number of nitrogens with zero attached hydrogens (tertiary/aromatic N) is 2. The van der Waals surface area contributed by atoms with Gasteiger partial charge in [-0.1, -0.05) is 18.2 Å². The van der Waals surface area contributed by atoms with Crippen LogP contribution in [-0.4, -0.2) is 46.0 Å². The van der Waals surface area contributed by atoms with Crippen LogP contribution in [0.15, 0.2) is 36.4 Å². The highest BCUT2D eigenvalue weighted by Crippen LogP contribution is 2.33. The number of fused-ring (bicyclic) bond motifs is 1. The van der Waals surface area contributed by atoms with E-state index in [1.807, 2.05) is 0 Å². The summed E-state index contributed by atoms with van der Waals surface area (Å²) in [5.74, 6) is -0.822. The molecule has 0 saturated heterocycles. The van der Waals surface area contributed by atoms with E-state index in [-0.39, 0.29) is 42.7 Å². The van der Waals surface area contributed by atoms with Crippen LogP contribution in [0.25, 0.3) is 0 Å². The lowest BCUT2D eigenvalue weighted by Gasteiger charge is -2.29. The molecule has 6 nitrogen and oxygen atoms in total. The minimum atomic E-state index is -4.61. The Balaban J connectivity index is 1.45. The van der Waals surface area contributed by atoms with Gasteiger partial charge in [0.05, 0.1) is 17.2 Å². The van der Waals surface area contributed by atoms with E-state index < -0.39 is 23.8 Å². The Morgan fingerprint density at radius 3 is 2.65 bits per heavy atom. The van der Waals surface area contributed by atoms with E-state index >= 15 is 0 Å². The largest absolute Gasteiger partial charge is 0.417 e. The van der Waals surface area contributed by atoms with Crippen molar-refractivity contribution in [3.05, 3.63) is 64.5 Å². The van der Waals surface area contributed by atoms with Gasteiger partial charge in [0.25, 0.3) is 11.8 Å². The molecule has 1 saturated carbocycles. The molecule has 1 fully saturated rings. The average Bonchev–Trinajstić information content (AvgIpc) is 3.61.